The fourth-order valence-electron chi connectivity index (χ4n) is 2.75. The lowest BCUT2D eigenvalue weighted by Crippen LogP contribution is -2.35. The average Bonchev–Trinajstić information content (AvgIpc) is 2.91. The molecule has 0 unspecified atom stereocenters. The smallest absolute Gasteiger partial charge is 0.272 e. The molecule has 2 heterocycles. The molecule has 1 aromatic heterocycles. The summed E-state index contributed by atoms with van der Waals surface area (Å²) in [4.78, 5) is 24.6. The van der Waals surface area contributed by atoms with Gasteiger partial charge in [-0.2, -0.15) is 11.8 Å². The van der Waals surface area contributed by atoms with Crippen LogP contribution in [0.25, 0.3) is 10.9 Å². The molecule has 0 atom stereocenters. The number of rotatable bonds is 7. The third-order valence-corrected chi connectivity index (χ3v) is 5.02. The molecule has 1 N–H and O–H groups in total. The Balaban J connectivity index is 1.53. The fourth-order valence-corrected chi connectivity index (χ4v) is 3.73. The molecule has 130 valence electrons. The van der Waals surface area contributed by atoms with Gasteiger partial charge in [-0.3, -0.25) is 29.6 Å². The fraction of sp³-hybridized carbons (Fsp3) is 0.533. The second kappa shape index (κ2) is 7.82. The molecule has 0 amide bonds. The van der Waals surface area contributed by atoms with Crippen LogP contribution < -0.4 is 5.56 Å². The van der Waals surface area contributed by atoms with Gasteiger partial charge in [-0.25, -0.2) is 0 Å². The number of ether oxygens (including phenoxy) is 1. The van der Waals surface area contributed by atoms with Gasteiger partial charge in [-0.15, -0.1) is 0 Å². The Morgan fingerprint density at radius 2 is 2.00 bits per heavy atom. The molecule has 3 rings (SSSR count). The molecule has 0 radical (unpaired) electrons. The van der Waals surface area contributed by atoms with E-state index in [-0.39, 0.29) is 11.2 Å². The third kappa shape index (κ3) is 3.97. The minimum Gasteiger partial charge on any atom is -0.378 e. The van der Waals surface area contributed by atoms with E-state index in [0.717, 1.165) is 19.6 Å². The molecule has 1 fully saturated rings. The van der Waals surface area contributed by atoms with E-state index in [1.54, 1.807) is 10.7 Å². The summed E-state index contributed by atoms with van der Waals surface area (Å²) in [6, 6.07) is 4.30. The zero-order valence-corrected chi connectivity index (χ0v) is 14.1. The number of nitro benzene ring substituents is 1. The Kier molecular flexibility index (Phi) is 5.54. The number of nitrogens with zero attached hydrogens (tertiary/aromatic N) is 3. The predicted octanol–water partition coefficient (Wildman–Crippen LogP) is 1.30. The van der Waals surface area contributed by atoms with E-state index in [0.29, 0.717) is 30.7 Å². The van der Waals surface area contributed by atoms with Crippen LogP contribution in [0.5, 0.6) is 0 Å². The van der Waals surface area contributed by atoms with E-state index in [2.05, 4.69) is 10.00 Å². The number of nitrogens with one attached hydrogen (secondary N) is 1. The Labute approximate surface area is 142 Å². The number of H-pyrrole nitrogens is 1. The van der Waals surface area contributed by atoms with E-state index < -0.39 is 4.92 Å². The van der Waals surface area contributed by atoms with Crippen LogP contribution in [0.1, 0.15) is 0 Å². The number of benzene rings is 1. The molecule has 0 spiro atoms. The molecule has 24 heavy (non-hydrogen) atoms. The van der Waals surface area contributed by atoms with Crippen molar-refractivity contribution in [3.05, 3.63) is 38.7 Å². The van der Waals surface area contributed by atoms with Crippen LogP contribution in [0.2, 0.25) is 0 Å². The highest BCUT2D eigenvalue weighted by Gasteiger charge is 2.13. The van der Waals surface area contributed by atoms with Gasteiger partial charge >= 0.3 is 0 Å². The van der Waals surface area contributed by atoms with Crippen molar-refractivity contribution in [1.29, 1.82) is 0 Å². The SMILES string of the molecule is O=c1[nH]n(CCOCCN2CCSCC2)c2ccc([N+](=O)[O-])cc12. The lowest BCUT2D eigenvalue weighted by Gasteiger charge is -2.25. The normalized spacial score (nSPS) is 15.8. The Hall–Kier alpha value is -1.84. The summed E-state index contributed by atoms with van der Waals surface area (Å²) < 4.78 is 7.34. The van der Waals surface area contributed by atoms with Gasteiger partial charge in [0.25, 0.3) is 11.2 Å². The number of aromatic amines is 1. The van der Waals surface area contributed by atoms with Crippen molar-refractivity contribution in [2.45, 2.75) is 6.54 Å². The van der Waals surface area contributed by atoms with Crippen molar-refractivity contribution in [2.75, 3.05) is 44.4 Å². The topological polar surface area (TPSA) is 93.4 Å². The van der Waals surface area contributed by atoms with E-state index in [1.165, 1.54) is 23.6 Å². The molecular formula is C15H20N4O4S. The standard InChI is InChI=1S/C15H20N4O4S/c20-15-13-11-12(19(21)22)1-2-14(13)18(16-15)4-8-23-7-3-17-5-9-24-10-6-17/h1-2,11H,3-10H2,(H,16,20). The summed E-state index contributed by atoms with van der Waals surface area (Å²) >= 11 is 1.98. The Morgan fingerprint density at radius 3 is 2.75 bits per heavy atom. The van der Waals surface area contributed by atoms with Gasteiger partial charge < -0.3 is 4.74 Å². The van der Waals surface area contributed by atoms with Crippen molar-refractivity contribution in [3.8, 4) is 0 Å². The molecule has 0 aliphatic carbocycles. The lowest BCUT2D eigenvalue weighted by molar-refractivity contribution is -0.384. The van der Waals surface area contributed by atoms with Crippen LogP contribution >= 0.6 is 11.8 Å². The second-order valence-electron chi connectivity index (χ2n) is 5.62. The maximum atomic E-state index is 11.9. The summed E-state index contributed by atoms with van der Waals surface area (Å²) in [5.41, 5.74) is 0.253. The van der Waals surface area contributed by atoms with Crippen LogP contribution in [-0.4, -0.2) is 64.0 Å². The summed E-state index contributed by atoms with van der Waals surface area (Å²) in [5, 5.41) is 13.8. The first kappa shape index (κ1) is 17.0. The Morgan fingerprint density at radius 1 is 1.25 bits per heavy atom. The molecule has 1 aromatic carbocycles. The minimum atomic E-state index is -0.502. The van der Waals surface area contributed by atoms with Crippen LogP contribution in [0.4, 0.5) is 5.69 Å². The number of fused-ring (bicyclic) bond motifs is 1. The number of thioether (sulfide) groups is 1. The van der Waals surface area contributed by atoms with Crippen molar-refractivity contribution in [2.24, 2.45) is 0 Å². The van der Waals surface area contributed by atoms with Crippen molar-refractivity contribution >= 4 is 28.4 Å². The van der Waals surface area contributed by atoms with Gasteiger partial charge in [0.15, 0.2) is 0 Å². The van der Waals surface area contributed by atoms with E-state index in [4.69, 9.17) is 4.74 Å². The summed E-state index contributed by atoms with van der Waals surface area (Å²) in [5.74, 6) is 2.37. The number of hydrogen-bond donors (Lipinski definition) is 1. The highest BCUT2D eigenvalue weighted by molar-refractivity contribution is 7.99. The maximum Gasteiger partial charge on any atom is 0.272 e. The highest BCUT2D eigenvalue weighted by Crippen LogP contribution is 2.17. The average molecular weight is 352 g/mol. The lowest BCUT2D eigenvalue weighted by atomic mass is 10.2. The first-order valence-electron chi connectivity index (χ1n) is 7.90. The molecule has 2 aromatic rings. The predicted molar refractivity (Wildman–Crippen MR) is 93.8 cm³/mol. The number of nitro groups is 1. The third-order valence-electron chi connectivity index (χ3n) is 4.08. The summed E-state index contributed by atoms with van der Waals surface area (Å²) in [6.07, 6.45) is 0. The highest BCUT2D eigenvalue weighted by atomic mass is 32.2. The van der Waals surface area contributed by atoms with Crippen molar-refractivity contribution in [3.63, 3.8) is 0 Å². The van der Waals surface area contributed by atoms with Gasteiger partial charge in [0.2, 0.25) is 0 Å². The molecular weight excluding hydrogens is 332 g/mol. The van der Waals surface area contributed by atoms with E-state index >= 15 is 0 Å². The largest absolute Gasteiger partial charge is 0.378 e. The minimum absolute atomic E-state index is 0.0818. The zero-order valence-electron chi connectivity index (χ0n) is 13.3. The first-order valence-corrected chi connectivity index (χ1v) is 9.05. The van der Waals surface area contributed by atoms with E-state index in [9.17, 15) is 14.9 Å². The van der Waals surface area contributed by atoms with Crippen LogP contribution in [-0.2, 0) is 11.3 Å². The van der Waals surface area contributed by atoms with E-state index in [1.807, 2.05) is 11.8 Å². The van der Waals surface area contributed by atoms with Crippen LogP contribution in [0, 0.1) is 10.1 Å². The maximum absolute atomic E-state index is 11.9. The molecule has 0 bridgehead atoms. The van der Waals surface area contributed by atoms with Crippen molar-refractivity contribution in [1.82, 2.24) is 14.7 Å². The Bertz CT molecular complexity index is 766. The quantitative estimate of drug-likeness (QED) is 0.459. The van der Waals surface area contributed by atoms with Crippen LogP contribution in [0.15, 0.2) is 23.0 Å². The van der Waals surface area contributed by atoms with Gasteiger partial charge in [0.1, 0.15) is 0 Å². The van der Waals surface area contributed by atoms with Gasteiger partial charge in [-0.05, 0) is 6.07 Å². The monoisotopic (exact) mass is 352 g/mol. The van der Waals surface area contributed by atoms with Gasteiger partial charge in [0.05, 0.1) is 35.6 Å². The summed E-state index contributed by atoms with van der Waals surface area (Å²) in [6.45, 7) is 4.81. The number of aromatic nitrogens is 2. The molecule has 1 saturated heterocycles. The first-order chi connectivity index (χ1) is 11.6. The van der Waals surface area contributed by atoms with Gasteiger partial charge in [-0.1, -0.05) is 0 Å². The van der Waals surface area contributed by atoms with Gasteiger partial charge in [0, 0.05) is 43.3 Å². The zero-order chi connectivity index (χ0) is 16.9. The number of non-ortho nitro benzene ring substituents is 1. The summed E-state index contributed by atoms with van der Waals surface area (Å²) in [7, 11) is 0. The molecule has 1 aliphatic rings. The molecule has 1 aliphatic heterocycles. The molecule has 0 saturated carbocycles. The van der Waals surface area contributed by atoms with Crippen molar-refractivity contribution < 1.29 is 9.66 Å². The molecule has 8 nitrogen and oxygen atoms in total. The molecule has 9 heteroatoms. The second-order valence-corrected chi connectivity index (χ2v) is 6.84. The van der Waals surface area contributed by atoms with Crippen LogP contribution in [0.3, 0.4) is 0 Å². The number of hydrogen-bond acceptors (Lipinski definition) is 6.